The number of nitrogens with one attached hydrogen (secondary N) is 2. The van der Waals surface area contributed by atoms with Gasteiger partial charge < -0.3 is 20.3 Å². The molecule has 0 radical (unpaired) electrons. The molecular weight excluding hydrogens is 352 g/mol. The number of rotatable bonds is 5. The molecule has 1 aromatic heterocycles. The fraction of sp³-hybridized carbons (Fsp3) is 0.455. The second-order valence-corrected chi connectivity index (χ2v) is 7.48. The van der Waals surface area contributed by atoms with Crippen molar-refractivity contribution >= 4 is 23.1 Å². The fourth-order valence-corrected chi connectivity index (χ4v) is 3.95. The number of nitrogens with zero attached hydrogens (tertiary/aromatic N) is 2. The highest BCUT2D eigenvalue weighted by Gasteiger charge is 2.18. The molecule has 148 valence electrons. The van der Waals surface area contributed by atoms with Gasteiger partial charge in [-0.25, -0.2) is 4.98 Å². The molecule has 2 aromatic rings. The summed E-state index contributed by atoms with van der Waals surface area (Å²) in [6.45, 7) is 3.22. The van der Waals surface area contributed by atoms with Gasteiger partial charge in [-0.1, -0.05) is 31.4 Å². The number of carbonyl (C=O) groups is 1. The minimum absolute atomic E-state index is 0.0150. The van der Waals surface area contributed by atoms with E-state index in [0.717, 1.165) is 50.5 Å². The summed E-state index contributed by atoms with van der Waals surface area (Å²) in [6, 6.07) is 12.1. The SMILES string of the molecule is O=C(NC1CCCCC1)c1ccnc(Nc2ccccc2N2CCOCC2)c1. The molecule has 1 aliphatic carbocycles. The summed E-state index contributed by atoms with van der Waals surface area (Å²) in [5, 5.41) is 6.57. The van der Waals surface area contributed by atoms with Crippen LogP contribution in [0.3, 0.4) is 0 Å². The highest BCUT2D eigenvalue weighted by atomic mass is 16.5. The molecule has 4 rings (SSSR count). The van der Waals surface area contributed by atoms with Crippen LogP contribution in [0.5, 0.6) is 0 Å². The maximum Gasteiger partial charge on any atom is 0.251 e. The number of aromatic nitrogens is 1. The average molecular weight is 380 g/mol. The number of amides is 1. The Kier molecular flexibility index (Phi) is 6.07. The predicted molar refractivity (Wildman–Crippen MR) is 111 cm³/mol. The van der Waals surface area contributed by atoms with Gasteiger partial charge in [0.15, 0.2) is 0 Å². The van der Waals surface area contributed by atoms with E-state index in [1.54, 1.807) is 12.3 Å². The molecule has 1 aliphatic heterocycles. The van der Waals surface area contributed by atoms with Gasteiger partial charge in [0.2, 0.25) is 0 Å². The summed E-state index contributed by atoms with van der Waals surface area (Å²) in [4.78, 5) is 19.4. The number of hydrogen-bond donors (Lipinski definition) is 2. The van der Waals surface area contributed by atoms with Crippen molar-refractivity contribution in [2.24, 2.45) is 0 Å². The van der Waals surface area contributed by atoms with Gasteiger partial charge in [-0.05, 0) is 37.1 Å². The Balaban J connectivity index is 1.47. The van der Waals surface area contributed by atoms with Crippen LogP contribution >= 0.6 is 0 Å². The van der Waals surface area contributed by atoms with Crippen LogP contribution in [0.4, 0.5) is 17.2 Å². The summed E-state index contributed by atoms with van der Waals surface area (Å²) in [5.41, 5.74) is 2.76. The molecule has 1 saturated heterocycles. The number of carbonyl (C=O) groups excluding carboxylic acids is 1. The van der Waals surface area contributed by atoms with Crippen LogP contribution in [-0.2, 0) is 4.74 Å². The average Bonchev–Trinajstić information content (AvgIpc) is 2.76. The van der Waals surface area contributed by atoms with E-state index < -0.39 is 0 Å². The molecule has 1 aromatic carbocycles. The van der Waals surface area contributed by atoms with Gasteiger partial charge in [-0.3, -0.25) is 4.79 Å². The summed E-state index contributed by atoms with van der Waals surface area (Å²) in [5.74, 6) is 0.663. The molecule has 2 fully saturated rings. The first-order valence-corrected chi connectivity index (χ1v) is 10.3. The van der Waals surface area contributed by atoms with E-state index >= 15 is 0 Å². The zero-order valence-electron chi connectivity index (χ0n) is 16.2. The number of ether oxygens (including phenoxy) is 1. The lowest BCUT2D eigenvalue weighted by atomic mass is 9.95. The van der Waals surface area contributed by atoms with E-state index in [0.29, 0.717) is 17.4 Å². The van der Waals surface area contributed by atoms with Gasteiger partial charge in [0.1, 0.15) is 5.82 Å². The minimum Gasteiger partial charge on any atom is -0.378 e. The van der Waals surface area contributed by atoms with E-state index in [2.05, 4.69) is 26.6 Å². The number of morpholine rings is 1. The summed E-state index contributed by atoms with van der Waals surface area (Å²) >= 11 is 0. The first-order valence-electron chi connectivity index (χ1n) is 10.3. The zero-order valence-corrected chi connectivity index (χ0v) is 16.2. The van der Waals surface area contributed by atoms with Gasteiger partial charge in [-0.15, -0.1) is 0 Å². The molecule has 0 atom stereocenters. The van der Waals surface area contributed by atoms with E-state index in [1.165, 1.54) is 19.3 Å². The highest BCUT2D eigenvalue weighted by molar-refractivity contribution is 5.95. The number of hydrogen-bond acceptors (Lipinski definition) is 5. The Hall–Kier alpha value is -2.60. The lowest BCUT2D eigenvalue weighted by Crippen LogP contribution is -2.36. The maximum absolute atomic E-state index is 12.6. The highest BCUT2D eigenvalue weighted by Crippen LogP contribution is 2.29. The lowest BCUT2D eigenvalue weighted by molar-refractivity contribution is 0.0927. The summed E-state index contributed by atoms with van der Waals surface area (Å²) in [6.07, 6.45) is 7.52. The molecule has 0 spiro atoms. The van der Waals surface area contributed by atoms with Gasteiger partial charge in [0.25, 0.3) is 5.91 Å². The Morgan fingerprint density at radius 3 is 2.68 bits per heavy atom. The van der Waals surface area contributed by atoms with E-state index in [4.69, 9.17) is 4.74 Å². The molecule has 2 heterocycles. The van der Waals surface area contributed by atoms with Crippen LogP contribution in [0.1, 0.15) is 42.5 Å². The Labute approximate surface area is 166 Å². The van der Waals surface area contributed by atoms with Crippen LogP contribution in [-0.4, -0.2) is 43.2 Å². The van der Waals surface area contributed by atoms with Crippen molar-refractivity contribution in [1.29, 1.82) is 0 Å². The number of benzene rings is 1. The largest absolute Gasteiger partial charge is 0.378 e. The standard InChI is InChI=1S/C22H28N4O2/c27-22(24-18-6-2-1-3-7-18)17-10-11-23-21(16-17)25-19-8-4-5-9-20(19)26-12-14-28-15-13-26/h4-5,8-11,16,18H,1-3,6-7,12-15H2,(H,23,25)(H,24,27). The lowest BCUT2D eigenvalue weighted by Gasteiger charge is -2.30. The Morgan fingerprint density at radius 1 is 1.07 bits per heavy atom. The van der Waals surface area contributed by atoms with Crippen molar-refractivity contribution in [1.82, 2.24) is 10.3 Å². The van der Waals surface area contributed by atoms with Crippen molar-refractivity contribution in [3.63, 3.8) is 0 Å². The first-order chi connectivity index (χ1) is 13.8. The molecule has 6 nitrogen and oxygen atoms in total. The van der Waals surface area contributed by atoms with Crippen molar-refractivity contribution in [2.45, 2.75) is 38.1 Å². The molecule has 6 heteroatoms. The topological polar surface area (TPSA) is 66.5 Å². The maximum atomic E-state index is 12.6. The molecule has 0 unspecified atom stereocenters. The monoisotopic (exact) mass is 380 g/mol. The first kappa shape index (κ1) is 18.7. The third-order valence-corrected chi connectivity index (χ3v) is 5.48. The van der Waals surface area contributed by atoms with E-state index in [9.17, 15) is 4.79 Å². The predicted octanol–water partition coefficient (Wildman–Crippen LogP) is 3.72. The second-order valence-electron chi connectivity index (χ2n) is 7.48. The van der Waals surface area contributed by atoms with E-state index in [-0.39, 0.29) is 5.91 Å². The number of para-hydroxylation sites is 2. The van der Waals surface area contributed by atoms with Gasteiger partial charge in [0, 0.05) is 30.9 Å². The minimum atomic E-state index is -0.0150. The molecule has 2 N–H and O–H groups in total. The molecule has 0 bridgehead atoms. The van der Waals surface area contributed by atoms with Crippen molar-refractivity contribution in [2.75, 3.05) is 36.5 Å². The smallest absolute Gasteiger partial charge is 0.251 e. The summed E-state index contributed by atoms with van der Waals surface area (Å²) < 4.78 is 5.46. The normalized spacial score (nSPS) is 17.9. The third-order valence-electron chi connectivity index (χ3n) is 5.48. The van der Waals surface area contributed by atoms with Crippen LogP contribution in [0.15, 0.2) is 42.6 Å². The molecular formula is C22H28N4O2. The molecule has 1 saturated carbocycles. The van der Waals surface area contributed by atoms with Crippen LogP contribution in [0.2, 0.25) is 0 Å². The van der Waals surface area contributed by atoms with Gasteiger partial charge in [0.05, 0.1) is 24.6 Å². The Morgan fingerprint density at radius 2 is 1.86 bits per heavy atom. The van der Waals surface area contributed by atoms with Crippen molar-refractivity contribution in [3.05, 3.63) is 48.2 Å². The van der Waals surface area contributed by atoms with Crippen LogP contribution in [0.25, 0.3) is 0 Å². The number of pyridine rings is 1. The third kappa shape index (κ3) is 4.62. The molecule has 2 aliphatic rings. The zero-order chi connectivity index (χ0) is 19.2. The Bertz CT molecular complexity index is 799. The van der Waals surface area contributed by atoms with Gasteiger partial charge in [-0.2, -0.15) is 0 Å². The van der Waals surface area contributed by atoms with Crippen LogP contribution in [0, 0.1) is 0 Å². The summed E-state index contributed by atoms with van der Waals surface area (Å²) in [7, 11) is 0. The molecule has 1 amide bonds. The van der Waals surface area contributed by atoms with E-state index in [1.807, 2.05) is 24.3 Å². The van der Waals surface area contributed by atoms with Crippen molar-refractivity contribution < 1.29 is 9.53 Å². The van der Waals surface area contributed by atoms with Gasteiger partial charge >= 0.3 is 0 Å². The van der Waals surface area contributed by atoms with Crippen molar-refractivity contribution in [3.8, 4) is 0 Å². The fourth-order valence-electron chi connectivity index (χ4n) is 3.95. The second kappa shape index (κ2) is 9.06. The van der Waals surface area contributed by atoms with Crippen LogP contribution < -0.4 is 15.5 Å². The quantitative estimate of drug-likeness (QED) is 0.827. The molecule has 28 heavy (non-hydrogen) atoms. The number of anilines is 3.